The van der Waals surface area contributed by atoms with Crippen molar-refractivity contribution >= 4 is 30.0 Å². The van der Waals surface area contributed by atoms with Crippen molar-refractivity contribution < 1.29 is 4.43 Å². The SMILES string of the molecule is CC[Si](CC)(CC)Oc1c(C)ccc2ccc3ccc(C)nc3c12. The Morgan fingerprint density at radius 3 is 2.08 bits per heavy atom. The number of benzene rings is 2. The van der Waals surface area contributed by atoms with Crippen LogP contribution in [-0.4, -0.2) is 13.3 Å². The molecule has 3 rings (SSSR count). The molecule has 2 aromatic carbocycles. The topological polar surface area (TPSA) is 22.1 Å². The predicted octanol–water partition coefficient (Wildman–Crippen LogP) is 6.39. The minimum Gasteiger partial charge on any atom is -0.543 e. The van der Waals surface area contributed by atoms with Gasteiger partial charge in [0.05, 0.1) is 5.52 Å². The molecule has 0 N–H and O–H groups in total. The highest BCUT2D eigenvalue weighted by atomic mass is 28.4. The highest BCUT2D eigenvalue weighted by molar-refractivity contribution is 6.74. The first-order valence-electron chi connectivity index (χ1n) is 9.02. The minimum atomic E-state index is -1.74. The van der Waals surface area contributed by atoms with Crippen molar-refractivity contribution in [2.75, 3.05) is 0 Å². The molecule has 0 aliphatic carbocycles. The normalized spacial score (nSPS) is 12.0. The van der Waals surface area contributed by atoms with E-state index in [0.29, 0.717) is 0 Å². The Balaban J connectivity index is 2.33. The van der Waals surface area contributed by atoms with E-state index in [9.17, 15) is 0 Å². The molecule has 126 valence electrons. The third-order valence-electron chi connectivity index (χ3n) is 5.38. The standard InChI is InChI=1S/C21H27NOSi/c1-6-24(7-2,8-3)23-21-15(4)9-11-17-13-14-18-12-10-16(5)22-20(18)19(17)21/h9-14H,6-8H2,1-5H3. The van der Waals surface area contributed by atoms with Crippen molar-refractivity contribution in [3.05, 3.63) is 47.7 Å². The summed E-state index contributed by atoms with van der Waals surface area (Å²) in [6.45, 7) is 11.0. The Morgan fingerprint density at radius 1 is 0.833 bits per heavy atom. The van der Waals surface area contributed by atoms with Crippen LogP contribution in [0.1, 0.15) is 32.0 Å². The molecule has 3 aromatic rings. The lowest BCUT2D eigenvalue weighted by molar-refractivity contribution is 0.534. The van der Waals surface area contributed by atoms with E-state index >= 15 is 0 Å². The third-order valence-corrected chi connectivity index (χ3v) is 9.89. The molecule has 0 aliphatic rings. The average Bonchev–Trinajstić information content (AvgIpc) is 2.61. The molecular weight excluding hydrogens is 310 g/mol. The van der Waals surface area contributed by atoms with E-state index in [2.05, 4.69) is 71.0 Å². The average molecular weight is 338 g/mol. The van der Waals surface area contributed by atoms with Crippen LogP contribution in [0.4, 0.5) is 0 Å². The zero-order chi connectivity index (χ0) is 17.3. The summed E-state index contributed by atoms with van der Waals surface area (Å²) in [5.41, 5.74) is 3.33. The molecule has 0 unspecified atom stereocenters. The molecule has 1 heterocycles. The number of rotatable bonds is 5. The van der Waals surface area contributed by atoms with Gasteiger partial charge in [-0.3, -0.25) is 4.98 Å². The first-order chi connectivity index (χ1) is 11.5. The van der Waals surface area contributed by atoms with Crippen molar-refractivity contribution in [1.82, 2.24) is 4.98 Å². The Morgan fingerprint density at radius 2 is 1.42 bits per heavy atom. The van der Waals surface area contributed by atoms with Crippen molar-refractivity contribution in [3.63, 3.8) is 0 Å². The first kappa shape index (κ1) is 17.0. The van der Waals surface area contributed by atoms with Crippen LogP contribution in [0.25, 0.3) is 21.7 Å². The van der Waals surface area contributed by atoms with Crippen LogP contribution in [0.3, 0.4) is 0 Å². The van der Waals surface area contributed by atoms with Crippen LogP contribution >= 0.6 is 0 Å². The quantitative estimate of drug-likeness (QED) is 0.397. The smallest absolute Gasteiger partial charge is 0.250 e. The molecule has 1 aromatic heterocycles. The van der Waals surface area contributed by atoms with Crippen LogP contribution in [0.5, 0.6) is 5.75 Å². The van der Waals surface area contributed by atoms with Crippen molar-refractivity contribution in [2.24, 2.45) is 0 Å². The lowest BCUT2D eigenvalue weighted by Gasteiger charge is -2.30. The second kappa shape index (κ2) is 6.56. The largest absolute Gasteiger partial charge is 0.543 e. The van der Waals surface area contributed by atoms with Gasteiger partial charge in [-0.25, -0.2) is 0 Å². The fourth-order valence-corrected chi connectivity index (χ4v) is 6.11. The molecule has 0 bridgehead atoms. The lowest BCUT2D eigenvalue weighted by Crippen LogP contribution is -2.39. The summed E-state index contributed by atoms with van der Waals surface area (Å²) in [6, 6.07) is 16.4. The van der Waals surface area contributed by atoms with Gasteiger partial charge in [0.1, 0.15) is 5.75 Å². The summed E-state index contributed by atoms with van der Waals surface area (Å²) in [4.78, 5) is 4.85. The highest BCUT2D eigenvalue weighted by Gasteiger charge is 2.32. The molecule has 0 saturated heterocycles. The second-order valence-corrected chi connectivity index (χ2v) is 11.4. The molecule has 0 saturated carbocycles. The number of aromatic nitrogens is 1. The van der Waals surface area contributed by atoms with E-state index in [1.54, 1.807) is 0 Å². The summed E-state index contributed by atoms with van der Waals surface area (Å²) >= 11 is 0. The number of aryl methyl sites for hydroxylation is 2. The van der Waals surface area contributed by atoms with E-state index in [1.165, 1.54) is 21.7 Å². The number of fused-ring (bicyclic) bond motifs is 3. The number of hydrogen-bond acceptors (Lipinski definition) is 2. The molecule has 2 nitrogen and oxygen atoms in total. The number of nitrogens with zero attached hydrogens (tertiary/aromatic N) is 1. The monoisotopic (exact) mass is 337 g/mol. The maximum absolute atomic E-state index is 6.84. The summed E-state index contributed by atoms with van der Waals surface area (Å²) in [5, 5.41) is 3.58. The van der Waals surface area contributed by atoms with E-state index in [4.69, 9.17) is 9.41 Å². The Hall–Kier alpha value is -1.87. The summed E-state index contributed by atoms with van der Waals surface area (Å²) in [5.74, 6) is 1.06. The molecule has 3 heteroatoms. The van der Waals surface area contributed by atoms with Gasteiger partial charge in [0.2, 0.25) is 0 Å². The maximum atomic E-state index is 6.84. The Labute approximate surface area is 146 Å². The fraction of sp³-hybridized carbons (Fsp3) is 0.381. The lowest BCUT2D eigenvalue weighted by atomic mass is 10.0. The van der Waals surface area contributed by atoms with Crippen LogP contribution in [0.15, 0.2) is 36.4 Å². The minimum absolute atomic E-state index is 1.05. The van der Waals surface area contributed by atoms with Crippen LogP contribution in [0.2, 0.25) is 18.1 Å². The second-order valence-electron chi connectivity index (χ2n) is 6.75. The van der Waals surface area contributed by atoms with E-state index < -0.39 is 8.32 Å². The van der Waals surface area contributed by atoms with Crippen molar-refractivity contribution in [2.45, 2.75) is 52.8 Å². The van der Waals surface area contributed by atoms with Gasteiger partial charge in [0.15, 0.2) is 0 Å². The van der Waals surface area contributed by atoms with Crippen LogP contribution in [0, 0.1) is 13.8 Å². The fourth-order valence-electron chi connectivity index (χ4n) is 3.48. The van der Waals surface area contributed by atoms with Gasteiger partial charge >= 0.3 is 0 Å². The van der Waals surface area contributed by atoms with E-state index in [-0.39, 0.29) is 0 Å². The summed E-state index contributed by atoms with van der Waals surface area (Å²) in [7, 11) is -1.74. The number of pyridine rings is 1. The third kappa shape index (κ3) is 2.82. The van der Waals surface area contributed by atoms with Gasteiger partial charge in [0.25, 0.3) is 8.32 Å². The zero-order valence-corrected chi connectivity index (χ0v) is 16.4. The number of hydrogen-bond donors (Lipinski definition) is 0. The van der Waals surface area contributed by atoms with Gasteiger partial charge in [-0.1, -0.05) is 51.1 Å². The molecule has 0 amide bonds. The molecule has 0 aliphatic heterocycles. The molecule has 0 spiro atoms. The van der Waals surface area contributed by atoms with Gasteiger partial charge < -0.3 is 4.43 Å². The first-order valence-corrected chi connectivity index (χ1v) is 11.5. The molecule has 0 atom stereocenters. The molecule has 24 heavy (non-hydrogen) atoms. The van der Waals surface area contributed by atoms with Gasteiger partial charge in [-0.2, -0.15) is 0 Å². The summed E-state index contributed by atoms with van der Waals surface area (Å²) < 4.78 is 6.84. The van der Waals surface area contributed by atoms with Gasteiger partial charge in [0, 0.05) is 16.5 Å². The Kier molecular flexibility index (Phi) is 4.64. The predicted molar refractivity (Wildman–Crippen MR) is 107 cm³/mol. The van der Waals surface area contributed by atoms with Crippen molar-refractivity contribution in [3.8, 4) is 5.75 Å². The molecule has 0 radical (unpaired) electrons. The Bertz CT molecular complexity index is 876. The van der Waals surface area contributed by atoms with Crippen LogP contribution in [-0.2, 0) is 0 Å². The van der Waals surface area contributed by atoms with Crippen molar-refractivity contribution in [1.29, 1.82) is 0 Å². The highest BCUT2D eigenvalue weighted by Crippen LogP contribution is 2.38. The van der Waals surface area contributed by atoms with E-state index in [1.807, 2.05) is 0 Å². The molecule has 0 fully saturated rings. The maximum Gasteiger partial charge on any atom is 0.250 e. The van der Waals surface area contributed by atoms with Gasteiger partial charge in [-0.05, 0) is 49.0 Å². The zero-order valence-electron chi connectivity index (χ0n) is 15.4. The van der Waals surface area contributed by atoms with E-state index in [0.717, 1.165) is 35.1 Å². The summed E-state index contributed by atoms with van der Waals surface area (Å²) in [6.07, 6.45) is 0. The van der Waals surface area contributed by atoms with Gasteiger partial charge in [-0.15, -0.1) is 0 Å². The van der Waals surface area contributed by atoms with Crippen LogP contribution < -0.4 is 4.43 Å². The molecular formula is C21H27NOSi.